The van der Waals surface area contributed by atoms with E-state index in [-0.39, 0.29) is 10.8 Å². The maximum Gasteiger partial charge on any atom is 0.238 e. The second-order valence-electron chi connectivity index (χ2n) is 6.58. The molecule has 1 saturated heterocycles. The molecule has 140 valence electrons. The summed E-state index contributed by atoms with van der Waals surface area (Å²) in [6.07, 6.45) is 5.81. The van der Waals surface area contributed by atoms with Crippen molar-refractivity contribution in [2.45, 2.75) is 56.4 Å². The molecule has 25 heavy (non-hydrogen) atoms. The van der Waals surface area contributed by atoms with Crippen molar-refractivity contribution in [1.82, 2.24) is 10.2 Å². The Morgan fingerprint density at radius 2 is 1.96 bits per heavy atom. The first-order valence-corrected chi connectivity index (χ1v) is 10.6. The predicted octanol–water partition coefficient (Wildman–Crippen LogP) is 1.65. The SMILES string of the molecule is CCC1CCCCN1C(=O)CCNCCc1ccc(S(N)(=O)=O)cc1. The topological polar surface area (TPSA) is 92.5 Å². The zero-order chi connectivity index (χ0) is 18.3. The van der Waals surface area contributed by atoms with Gasteiger partial charge in [-0.25, -0.2) is 13.6 Å². The average molecular weight is 368 g/mol. The minimum atomic E-state index is -3.63. The molecule has 1 amide bonds. The number of amides is 1. The number of rotatable bonds is 8. The number of carbonyl (C=O) groups is 1. The summed E-state index contributed by atoms with van der Waals surface area (Å²) in [5, 5.41) is 8.37. The Kier molecular flexibility index (Phi) is 7.40. The van der Waals surface area contributed by atoms with Gasteiger partial charge in [0.25, 0.3) is 0 Å². The van der Waals surface area contributed by atoms with E-state index in [0.717, 1.165) is 44.3 Å². The van der Waals surface area contributed by atoms with Gasteiger partial charge in [0.2, 0.25) is 15.9 Å². The summed E-state index contributed by atoms with van der Waals surface area (Å²) in [5.74, 6) is 0.247. The van der Waals surface area contributed by atoms with Crippen LogP contribution >= 0.6 is 0 Å². The Hall–Kier alpha value is -1.44. The van der Waals surface area contributed by atoms with Gasteiger partial charge in [-0.1, -0.05) is 19.1 Å². The molecule has 1 atom stereocenters. The Balaban J connectivity index is 1.68. The molecule has 1 heterocycles. The van der Waals surface area contributed by atoms with Crippen molar-refractivity contribution in [3.05, 3.63) is 29.8 Å². The van der Waals surface area contributed by atoms with Gasteiger partial charge in [0, 0.05) is 25.6 Å². The molecule has 6 nitrogen and oxygen atoms in total. The summed E-state index contributed by atoms with van der Waals surface area (Å²) in [4.78, 5) is 14.5. The zero-order valence-electron chi connectivity index (χ0n) is 14.9. The van der Waals surface area contributed by atoms with Crippen LogP contribution in [0.2, 0.25) is 0 Å². The fourth-order valence-corrected chi connectivity index (χ4v) is 3.81. The van der Waals surface area contributed by atoms with Gasteiger partial charge in [0.1, 0.15) is 0 Å². The number of hydrogen-bond donors (Lipinski definition) is 2. The molecule has 0 bridgehead atoms. The van der Waals surface area contributed by atoms with E-state index < -0.39 is 10.0 Å². The molecule has 0 aromatic heterocycles. The summed E-state index contributed by atoms with van der Waals surface area (Å²) in [6, 6.07) is 7.00. The molecule has 2 rings (SSSR count). The lowest BCUT2D eigenvalue weighted by molar-refractivity contribution is -0.134. The Morgan fingerprint density at radius 3 is 2.60 bits per heavy atom. The predicted molar refractivity (Wildman–Crippen MR) is 98.6 cm³/mol. The van der Waals surface area contributed by atoms with Gasteiger partial charge in [0.05, 0.1) is 4.90 Å². The molecule has 1 aliphatic rings. The van der Waals surface area contributed by atoms with Crippen LogP contribution < -0.4 is 10.5 Å². The van der Waals surface area contributed by atoms with Gasteiger partial charge in [0.15, 0.2) is 0 Å². The number of piperidine rings is 1. The third kappa shape index (κ3) is 6.09. The minimum Gasteiger partial charge on any atom is -0.340 e. The van der Waals surface area contributed by atoms with Crippen LogP contribution in [-0.4, -0.2) is 44.9 Å². The first kappa shape index (κ1) is 19.9. The number of benzene rings is 1. The summed E-state index contributed by atoms with van der Waals surface area (Å²) < 4.78 is 22.4. The van der Waals surface area contributed by atoms with Crippen molar-refractivity contribution < 1.29 is 13.2 Å². The second kappa shape index (κ2) is 9.31. The van der Waals surface area contributed by atoms with Crippen molar-refractivity contribution in [2.75, 3.05) is 19.6 Å². The molecular weight excluding hydrogens is 338 g/mol. The number of sulfonamides is 1. The standard InChI is InChI=1S/C18H29N3O3S/c1-2-16-5-3-4-14-21(16)18(22)11-13-20-12-10-15-6-8-17(9-7-15)25(19,23)24/h6-9,16,20H,2-5,10-14H2,1H3,(H2,19,23,24). The van der Waals surface area contributed by atoms with Crippen molar-refractivity contribution >= 4 is 15.9 Å². The van der Waals surface area contributed by atoms with Gasteiger partial charge in [-0.2, -0.15) is 0 Å². The van der Waals surface area contributed by atoms with E-state index >= 15 is 0 Å². The van der Waals surface area contributed by atoms with Crippen LogP contribution in [0.15, 0.2) is 29.2 Å². The lowest BCUT2D eigenvalue weighted by atomic mass is 9.99. The summed E-state index contributed by atoms with van der Waals surface area (Å²) in [7, 11) is -3.63. The van der Waals surface area contributed by atoms with Crippen molar-refractivity contribution in [1.29, 1.82) is 0 Å². The highest BCUT2D eigenvalue weighted by molar-refractivity contribution is 7.89. The van der Waals surface area contributed by atoms with E-state index in [1.807, 2.05) is 0 Å². The maximum atomic E-state index is 12.3. The molecule has 1 fully saturated rings. The quantitative estimate of drug-likeness (QED) is 0.683. The highest BCUT2D eigenvalue weighted by Gasteiger charge is 2.24. The Morgan fingerprint density at radius 1 is 1.24 bits per heavy atom. The van der Waals surface area contributed by atoms with Crippen molar-refractivity contribution in [3.8, 4) is 0 Å². The molecule has 7 heteroatoms. The Bertz CT molecular complexity index is 659. The molecule has 1 aromatic carbocycles. The molecular formula is C18H29N3O3S. The fraction of sp³-hybridized carbons (Fsp3) is 0.611. The maximum absolute atomic E-state index is 12.3. The van der Waals surface area contributed by atoms with Crippen LogP contribution in [0.3, 0.4) is 0 Å². The van der Waals surface area contributed by atoms with E-state index in [2.05, 4.69) is 17.1 Å². The van der Waals surface area contributed by atoms with Crippen LogP contribution in [0.1, 0.15) is 44.6 Å². The van der Waals surface area contributed by atoms with Crippen LogP contribution in [0.5, 0.6) is 0 Å². The van der Waals surface area contributed by atoms with E-state index in [9.17, 15) is 13.2 Å². The third-order valence-electron chi connectivity index (χ3n) is 4.78. The highest BCUT2D eigenvalue weighted by Crippen LogP contribution is 2.20. The molecule has 1 aromatic rings. The van der Waals surface area contributed by atoms with Crippen LogP contribution in [0.25, 0.3) is 0 Å². The molecule has 1 unspecified atom stereocenters. The Labute approximate surface area is 150 Å². The summed E-state index contributed by atoms with van der Waals surface area (Å²) in [5.41, 5.74) is 1.04. The third-order valence-corrected chi connectivity index (χ3v) is 5.71. The van der Waals surface area contributed by atoms with Gasteiger partial charge >= 0.3 is 0 Å². The van der Waals surface area contributed by atoms with Crippen LogP contribution in [-0.2, 0) is 21.2 Å². The lowest BCUT2D eigenvalue weighted by Gasteiger charge is -2.35. The van der Waals surface area contributed by atoms with Gasteiger partial charge in [-0.15, -0.1) is 0 Å². The molecule has 0 spiro atoms. The highest BCUT2D eigenvalue weighted by atomic mass is 32.2. The number of hydrogen-bond acceptors (Lipinski definition) is 4. The van der Waals surface area contributed by atoms with E-state index in [1.54, 1.807) is 12.1 Å². The smallest absolute Gasteiger partial charge is 0.238 e. The lowest BCUT2D eigenvalue weighted by Crippen LogP contribution is -2.44. The largest absolute Gasteiger partial charge is 0.340 e. The van der Waals surface area contributed by atoms with Gasteiger partial charge in [-0.05, 0) is 56.3 Å². The van der Waals surface area contributed by atoms with Crippen LogP contribution in [0, 0.1) is 0 Å². The number of nitrogens with one attached hydrogen (secondary N) is 1. The first-order chi connectivity index (χ1) is 11.9. The normalized spacial score (nSPS) is 18.3. The van der Waals surface area contributed by atoms with Crippen LogP contribution in [0.4, 0.5) is 0 Å². The molecule has 0 aliphatic carbocycles. The monoisotopic (exact) mass is 367 g/mol. The molecule has 1 aliphatic heterocycles. The number of nitrogens with two attached hydrogens (primary N) is 1. The molecule has 3 N–H and O–H groups in total. The van der Waals surface area contributed by atoms with E-state index in [4.69, 9.17) is 5.14 Å². The summed E-state index contributed by atoms with van der Waals surface area (Å²) in [6.45, 7) is 4.46. The van der Waals surface area contributed by atoms with Gasteiger partial charge < -0.3 is 10.2 Å². The average Bonchev–Trinajstić information content (AvgIpc) is 2.61. The van der Waals surface area contributed by atoms with E-state index in [0.29, 0.717) is 19.0 Å². The number of primary sulfonamides is 1. The first-order valence-electron chi connectivity index (χ1n) is 9.03. The second-order valence-corrected chi connectivity index (χ2v) is 8.15. The summed E-state index contributed by atoms with van der Waals surface area (Å²) >= 11 is 0. The van der Waals surface area contributed by atoms with Crippen molar-refractivity contribution in [3.63, 3.8) is 0 Å². The number of carbonyl (C=O) groups excluding carboxylic acids is 1. The fourth-order valence-electron chi connectivity index (χ4n) is 3.30. The molecule has 0 saturated carbocycles. The van der Waals surface area contributed by atoms with Crippen molar-refractivity contribution in [2.24, 2.45) is 5.14 Å². The molecule has 0 radical (unpaired) electrons. The minimum absolute atomic E-state index is 0.127. The number of likely N-dealkylation sites (tertiary alicyclic amines) is 1. The van der Waals surface area contributed by atoms with E-state index in [1.165, 1.54) is 18.6 Å². The number of nitrogens with zero attached hydrogens (tertiary/aromatic N) is 1. The zero-order valence-corrected chi connectivity index (χ0v) is 15.7. The van der Waals surface area contributed by atoms with Gasteiger partial charge in [-0.3, -0.25) is 4.79 Å².